The molecule has 84 valence electrons. The number of hydrogen-bond donors (Lipinski definition) is 1. The molecule has 0 amide bonds. The summed E-state index contributed by atoms with van der Waals surface area (Å²) in [5.41, 5.74) is 1.02. The Balaban J connectivity index is 2.05. The Bertz CT molecular complexity index is 309. The lowest BCUT2D eigenvalue weighted by Crippen LogP contribution is -2.23. The molecule has 0 saturated heterocycles. The first kappa shape index (κ1) is 11.7. The minimum Gasteiger partial charge on any atom is -0.469 e. The van der Waals surface area contributed by atoms with E-state index in [2.05, 4.69) is 15.2 Å². The van der Waals surface area contributed by atoms with E-state index in [1.54, 1.807) is 0 Å². The second-order valence-electron chi connectivity index (χ2n) is 3.30. The lowest BCUT2D eigenvalue weighted by atomic mass is 10.4. The van der Waals surface area contributed by atoms with E-state index in [4.69, 9.17) is 0 Å². The molecule has 0 aliphatic heterocycles. The van der Waals surface area contributed by atoms with E-state index in [1.807, 2.05) is 23.9 Å². The summed E-state index contributed by atoms with van der Waals surface area (Å²) in [6.07, 6.45) is 2.35. The largest absolute Gasteiger partial charge is 0.469 e. The average molecular weight is 211 g/mol. The molecular weight excluding hydrogens is 194 g/mol. The fraction of sp³-hybridized carbons (Fsp3) is 0.600. The van der Waals surface area contributed by atoms with Gasteiger partial charge in [0.15, 0.2) is 0 Å². The first-order valence-electron chi connectivity index (χ1n) is 5.00. The summed E-state index contributed by atoms with van der Waals surface area (Å²) in [5, 5.41) is 7.39. The van der Waals surface area contributed by atoms with Gasteiger partial charge in [0.1, 0.15) is 0 Å². The number of rotatable bonds is 6. The molecule has 0 atom stereocenters. The van der Waals surface area contributed by atoms with Crippen LogP contribution in [-0.2, 0) is 16.1 Å². The van der Waals surface area contributed by atoms with Crippen molar-refractivity contribution in [2.75, 3.05) is 20.2 Å². The molecule has 1 rings (SSSR count). The van der Waals surface area contributed by atoms with Crippen molar-refractivity contribution >= 4 is 5.97 Å². The average Bonchev–Trinajstić information content (AvgIpc) is 2.63. The maximum absolute atomic E-state index is 10.8. The SMILES string of the molecule is COC(=O)CCNCCn1ccc(C)n1. The number of carbonyl (C=O) groups excluding carboxylic acids is 1. The summed E-state index contributed by atoms with van der Waals surface area (Å²) in [4.78, 5) is 10.8. The van der Waals surface area contributed by atoms with Crippen molar-refractivity contribution in [3.63, 3.8) is 0 Å². The third-order valence-electron chi connectivity index (χ3n) is 2.03. The minimum atomic E-state index is -0.183. The molecule has 1 N–H and O–H groups in total. The Kier molecular flexibility index (Phi) is 4.83. The first-order chi connectivity index (χ1) is 7.22. The monoisotopic (exact) mass is 211 g/mol. The third kappa shape index (κ3) is 4.60. The van der Waals surface area contributed by atoms with E-state index in [0.717, 1.165) is 18.8 Å². The van der Waals surface area contributed by atoms with Gasteiger partial charge in [-0.25, -0.2) is 0 Å². The molecule has 0 bridgehead atoms. The molecule has 0 fully saturated rings. The third-order valence-corrected chi connectivity index (χ3v) is 2.03. The maximum Gasteiger partial charge on any atom is 0.306 e. The minimum absolute atomic E-state index is 0.183. The van der Waals surface area contributed by atoms with Crippen molar-refractivity contribution in [1.29, 1.82) is 0 Å². The zero-order valence-corrected chi connectivity index (χ0v) is 9.19. The summed E-state index contributed by atoms with van der Waals surface area (Å²) < 4.78 is 6.40. The van der Waals surface area contributed by atoms with Gasteiger partial charge in [0, 0.05) is 19.3 Å². The van der Waals surface area contributed by atoms with Gasteiger partial charge in [-0.05, 0) is 13.0 Å². The van der Waals surface area contributed by atoms with Gasteiger partial charge in [0.25, 0.3) is 0 Å². The Morgan fingerprint density at radius 1 is 1.60 bits per heavy atom. The van der Waals surface area contributed by atoms with E-state index >= 15 is 0 Å². The molecular formula is C10H17N3O2. The second kappa shape index (κ2) is 6.19. The summed E-state index contributed by atoms with van der Waals surface area (Å²) in [6.45, 7) is 4.22. The zero-order valence-electron chi connectivity index (χ0n) is 9.19. The second-order valence-corrected chi connectivity index (χ2v) is 3.30. The molecule has 0 unspecified atom stereocenters. The van der Waals surface area contributed by atoms with Crippen LogP contribution < -0.4 is 5.32 Å². The van der Waals surface area contributed by atoms with Crippen LogP contribution in [0.15, 0.2) is 12.3 Å². The quantitative estimate of drug-likeness (QED) is 0.544. The van der Waals surface area contributed by atoms with Crippen molar-refractivity contribution < 1.29 is 9.53 Å². The first-order valence-corrected chi connectivity index (χ1v) is 5.00. The summed E-state index contributed by atoms with van der Waals surface area (Å²) in [6, 6.07) is 1.97. The fourth-order valence-corrected chi connectivity index (χ4v) is 1.20. The topological polar surface area (TPSA) is 56.1 Å². The summed E-state index contributed by atoms with van der Waals surface area (Å²) in [7, 11) is 1.40. The van der Waals surface area contributed by atoms with Gasteiger partial charge in [-0.1, -0.05) is 0 Å². The molecule has 0 spiro atoms. The van der Waals surface area contributed by atoms with Crippen LogP contribution in [0.5, 0.6) is 0 Å². The number of hydrogen-bond acceptors (Lipinski definition) is 4. The highest BCUT2D eigenvalue weighted by Gasteiger charge is 1.98. The predicted molar refractivity (Wildman–Crippen MR) is 56.5 cm³/mol. The number of carbonyl (C=O) groups is 1. The van der Waals surface area contributed by atoms with Crippen LogP contribution in [0.2, 0.25) is 0 Å². The molecule has 15 heavy (non-hydrogen) atoms. The normalized spacial score (nSPS) is 10.3. The van der Waals surface area contributed by atoms with Gasteiger partial charge in [0.05, 0.1) is 25.8 Å². The molecule has 1 aromatic rings. The van der Waals surface area contributed by atoms with Crippen molar-refractivity contribution in [2.45, 2.75) is 19.9 Å². The van der Waals surface area contributed by atoms with Crippen LogP contribution in [-0.4, -0.2) is 35.9 Å². The highest BCUT2D eigenvalue weighted by Crippen LogP contribution is 1.91. The smallest absolute Gasteiger partial charge is 0.306 e. The van der Waals surface area contributed by atoms with Gasteiger partial charge < -0.3 is 10.1 Å². The van der Waals surface area contributed by atoms with Crippen molar-refractivity contribution in [3.8, 4) is 0 Å². The Morgan fingerprint density at radius 3 is 3.00 bits per heavy atom. The number of ether oxygens (including phenoxy) is 1. The Labute approximate surface area is 89.4 Å². The fourth-order valence-electron chi connectivity index (χ4n) is 1.20. The zero-order chi connectivity index (χ0) is 11.1. The number of esters is 1. The van der Waals surface area contributed by atoms with Gasteiger partial charge in [0.2, 0.25) is 0 Å². The van der Waals surface area contributed by atoms with Crippen molar-refractivity contribution in [1.82, 2.24) is 15.1 Å². The number of aryl methyl sites for hydroxylation is 1. The highest BCUT2D eigenvalue weighted by atomic mass is 16.5. The van der Waals surface area contributed by atoms with Crippen LogP contribution in [0.25, 0.3) is 0 Å². The molecule has 0 aromatic carbocycles. The van der Waals surface area contributed by atoms with E-state index in [1.165, 1.54) is 7.11 Å². The van der Waals surface area contributed by atoms with Gasteiger partial charge in [-0.2, -0.15) is 5.10 Å². The maximum atomic E-state index is 10.8. The van der Waals surface area contributed by atoms with Crippen LogP contribution >= 0.6 is 0 Å². The lowest BCUT2D eigenvalue weighted by molar-refractivity contribution is -0.140. The van der Waals surface area contributed by atoms with Crippen LogP contribution in [0.3, 0.4) is 0 Å². The molecule has 0 radical (unpaired) electrons. The van der Waals surface area contributed by atoms with E-state index in [-0.39, 0.29) is 5.97 Å². The van der Waals surface area contributed by atoms with Gasteiger partial charge >= 0.3 is 5.97 Å². The molecule has 5 heteroatoms. The number of nitrogens with one attached hydrogen (secondary N) is 1. The summed E-state index contributed by atoms with van der Waals surface area (Å²) in [5.74, 6) is -0.183. The van der Waals surface area contributed by atoms with E-state index in [9.17, 15) is 4.79 Å². The van der Waals surface area contributed by atoms with Gasteiger partial charge in [-0.3, -0.25) is 9.48 Å². The predicted octanol–water partition coefficient (Wildman–Crippen LogP) is 0.344. The molecule has 0 aliphatic carbocycles. The number of nitrogens with zero attached hydrogens (tertiary/aromatic N) is 2. The molecule has 5 nitrogen and oxygen atoms in total. The van der Waals surface area contributed by atoms with Crippen LogP contribution in [0.4, 0.5) is 0 Å². The van der Waals surface area contributed by atoms with Crippen molar-refractivity contribution in [2.24, 2.45) is 0 Å². The van der Waals surface area contributed by atoms with E-state index < -0.39 is 0 Å². The molecule has 0 aliphatic rings. The molecule has 1 heterocycles. The number of aromatic nitrogens is 2. The Morgan fingerprint density at radius 2 is 2.40 bits per heavy atom. The standard InChI is InChI=1S/C10H17N3O2/c1-9-4-7-13(12-9)8-6-11-5-3-10(14)15-2/h4,7,11H,3,5-6,8H2,1-2H3. The molecule has 1 aromatic heterocycles. The molecule has 0 saturated carbocycles. The summed E-state index contributed by atoms with van der Waals surface area (Å²) >= 11 is 0. The van der Waals surface area contributed by atoms with E-state index in [0.29, 0.717) is 13.0 Å². The number of methoxy groups -OCH3 is 1. The lowest BCUT2D eigenvalue weighted by Gasteiger charge is -2.03. The highest BCUT2D eigenvalue weighted by molar-refractivity contribution is 5.69. The van der Waals surface area contributed by atoms with Crippen LogP contribution in [0.1, 0.15) is 12.1 Å². The Hall–Kier alpha value is -1.36. The van der Waals surface area contributed by atoms with Gasteiger partial charge in [-0.15, -0.1) is 0 Å². The van der Waals surface area contributed by atoms with Crippen molar-refractivity contribution in [3.05, 3.63) is 18.0 Å². The van der Waals surface area contributed by atoms with Crippen LogP contribution in [0, 0.1) is 6.92 Å².